The standard InChI is InChI=1S/C18H20ClFN6O3S/c1-4-7-30(28,29)25-13-6-5-12(19)14(15(13)20)18(27)22-10-8-11-16(21-9-10)23-24-17(11)26(2)3/h5-6,8-9,25H,4,7H2,1-3H3,(H,22,27)(H,21,23,24). The number of rotatable bonds is 7. The minimum atomic E-state index is -3.74. The van der Waals surface area contributed by atoms with Crippen molar-refractivity contribution in [2.24, 2.45) is 0 Å². The Morgan fingerprint density at radius 3 is 2.73 bits per heavy atom. The maximum absolute atomic E-state index is 14.9. The fourth-order valence-electron chi connectivity index (χ4n) is 2.82. The molecule has 0 atom stereocenters. The van der Waals surface area contributed by atoms with Crippen LogP contribution in [0.3, 0.4) is 0 Å². The van der Waals surface area contributed by atoms with Crippen LogP contribution in [-0.4, -0.2) is 49.4 Å². The van der Waals surface area contributed by atoms with E-state index in [-0.39, 0.29) is 16.5 Å². The lowest BCUT2D eigenvalue weighted by Crippen LogP contribution is -2.20. The molecular weight excluding hydrogens is 435 g/mol. The number of nitrogens with one attached hydrogen (secondary N) is 3. The summed E-state index contributed by atoms with van der Waals surface area (Å²) in [6.07, 6.45) is 1.74. The van der Waals surface area contributed by atoms with Crippen molar-refractivity contribution in [3.8, 4) is 0 Å². The molecule has 0 radical (unpaired) electrons. The molecule has 3 N–H and O–H groups in total. The number of amides is 1. The number of sulfonamides is 1. The van der Waals surface area contributed by atoms with Gasteiger partial charge < -0.3 is 10.2 Å². The molecule has 1 aromatic carbocycles. The first-order valence-electron chi connectivity index (χ1n) is 8.94. The second-order valence-corrected chi connectivity index (χ2v) is 8.97. The Labute approximate surface area is 177 Å². The van der Waals surface area contributed by atoms with Gasteiger partial charge in [0.25, 0.3) is 5.91 Å². The minimum Gasteiger partial charge on any atom is -0.361 e. The van der Waals surface area contributed by atoms with E-state index in [0.29, 0.717) is 29.0 Å². The fourth-order valence-corrected chi connectivity index (χ4v) is 4.18. The quantitative estimate of drug-likeness (QED) is 0.504. The Morgan fingerprint density at radius 1 is 1.33 bits per heavy atom. The molecule has 3 aromatic rings. The van der Waals surface area contributed by atoms with Crippen molar-refractivity contribution in [3.63, 3.8) is 0 Å². The van der Waals surface area contributed by atoms with Crippen molar-refractivity contribution in [1.29, 1.82) is 0 Å². The first kappa shape index (κ1) is 21.8. The van der Waals surface area contributed by atoms with Crippen LogP contribution in [0, 0.1) is 5.82 Å². The van der Waals surface area contributed by atoms with E-state index in [1.165, 1.54) is 18.3 Å². The highest BCUT2D eigenvalue weighted by atomic mass is 35.5. The van der Waals surface area contributed by atoms with E-state index in [0.717, 1.165) is 0 Å². The van der Waals surface area contributed by atoms with E-state index in [1.54, 1.807) is 32.0 Å². The van der Waals surface area contributed by atoms with Crippen LogP contribution in [0.1, 0.15) is 23.7 Å². The zero-order valence-electron chi connectivity index (χ0n) is 16.5. The van der Waals surface area contributed by atoms with Gasteiger partial charge in [-0.15, -0.1) is 0 Å². The number of aromatic amines is 1. The van der Waals surface area contributed by atoms with Crippen LogP contribution in [0.4, 0.5) is 21.6 Å². The van der Waals surface area contributed by atoms with Crippen LogP contribution in [-0.2, 0) is 10.0 Å². The van der Waals surface area contributed by atoms with E-state index in [4.69, 9.17) is 11.6 Å². The largest absolute Gasteiger partial charge is 0.361 e. The number of fused-ring (bicyclic) bond motifs is 1. The Kier molecular flexibility index (Phi) is 6.13. The second kappa shape index (κ2) is 8.44. The molecular formula is C18H20ClFN6O3S. The van der Waals surface area contributed by atoms with Gasteiger partial charge in [0.05, 0.1) is 39.3 Å². The van der Waals surface area contributed by atoms with Crippen molar-refractivity contribution < 1.29 is 17.6 Å². The molecule has 160 valence electrons. The third-order valence-corrected chi connectivity index (χ3v) is 5.93. The van der Waals surface area contributed by atoms with Gasteiger partial charge in [-0.2, -0.15) is 5.10 Å². The van der Waals surface area contributed by atoms with Gasteiger partial charge in [0.1, 0.15) is 0 Å². The van der Waals surface area contributed by atoms with Gasteiger partial charge >= 0.3 is 0 Å². The molecule has 0 aliphatic carbocycles. The summed E-state index contributed by atoms with van der Waals surface area (Å²) in [5.74, 6) is -1.47. The van der Waals surface area contributed by atoms with Gasteiger partial charge in [0.2, 0.25) is 10.0 Å². The lowest BCUT2D eigenvalue weighted by Gasteiger charge is -2.13. The Bertz CT molecular complexity index is 1210. The van der Waals surface area contributed by atoms with E-state index in [1.807, 2.05) is 0 Å². The number of benzene rings is 1. The molecule has 0 aliphatic rings. The molecule has 0 fully saturated rings. The van der Waals surface area contributed by atoms with Crippen LogP contribution in [0.15, 0.2) is 24.4 Å². The molecule has 0 spiro atoms. The van der Waals surface area contributed by atoms with Crippen molar-refractivity contribution in [1.82, 2.24) is 15.2 Å². The highest BCUT2D eigenvalue weighted by molar-refractivity contribution is 7.92. The number of aromatic nitrogens is 3. The molecule has 2 aromatic heterocycles. The third-order valence-electron chi connectivity index (χ3n) is 4.13. The average Bonchev–Trinajstić information content (AvgIpc) is 3.07. The molecule has 1 amide bonds. The molecule has 0 saturated carbocycles. The summed E-state index contributed by atoms with van der Waals surface area (Å²) >= 11 is 6.02. The smallest absolute Gasteiger partial charge is 0.260 e. The molecule has 9 nitrogen and oxygen atoms in total. The van der Waals surface area contributed by atoms with E-state index >= 15 is 0 Å². The van der Waals surface area contributed by atoms with Crippen LogP contribution < -0.4 is 14.9 Å². The first-order chi connectivity index (χ1) is 14.1. The molecule has 0 bridgehead atoms. The molecule has 2 heterocycles. The number of hydrogen-bond donors (Lipinski definition) is 3. The van der Waals surface area contributed by atoms with E-state index in [2.05, 4.69) is 25.2 Å². The molecule has 0 saturated heterocycles. The summed E-state index contributed by atoms with van der Waals surface area (Å²) in [6.45, 7) is 1.68. The monoisotopic (exact) mass is 454 g/mol. The van der Waals surface area contributed by atoms with Crippen molar-refractivity contribution in [2.75, 3.05) is 34.8 Å². The van der Waals surface area contributed by atoms with Crippen LogP contribution in [0.2, 0.25) is 5.02 Å². The summed E-state index contributed by atoms with van der Waals surface area (Å²) in [6, 6.07) is 4.06. The SMILES string of the molecule is CCCS(=O)(=O)Nc1ccc(Cl)c(C(=O)Nc2cnc3[nH]nc(N(C)C)c3c2)c1F. The zero-order valence-corrected chi connectivity index (χ0v) is 18.0. The number of anilines is 3. The number of hydrogen-bond acceptors (Lipinski definition) is 6. The lowest BCUT2D eigenvalue weighted by molar-refractivity contribution is 0.102. The normalized spacial score (nSPS) is 11.5. The van der Waals surface area contributed by atoms with Gasteiger partial charge in [-0.05, 0) is 24.6 Å². The summed E-state index contributed by atoms with van der Waals surface area (Å²) in [4.78, 5) is 18.7. The minimum absolute atomic E-state index is 0.158. The molecule has 0 unspecified atom stereocenters. The number of H-pyrrole nitrogens is 1. The molecule has 0 aliphatic heterocycles. The predicted molar refractivity (Wildman–Crippen MR) is 115 cm³/mol. The maximum Gasteiger partial charge on any atom is 0.260 e. The Morgan fingerprint density at radius 2 is 2.07 bits per heavy atom. The van der Waals surface area contributed by atoms with E-state index < -0.39 is 27.3 Å². The average molecular weight is 455 g/mol. The molecule has 12 heteroatoms. The second-order valence-electron chi connectivity index (χ2n) is 6.72. The Balaban J connectivity index is 1.92. The predicted octanol–water partition coefficient (Wildman–Crippen LogP) is 3.22. The van der Waals surface area contributed by atoms with Crippen LogP contribution in [0.25, 0.3) is 11.0 Å². The summed E-state index contributed by atoms with van der Waals surface area (Å²) < 4.78 is 41.0. The van der Waals surface area contributed by atoms with Crippen LogP contribution in [0.5, 0.6) is 0 Å². The van der Waals surface area contributed by atoms with Gasteiger partial charge in [0.15, 0.2) is 17.3 Å². The first-order valence-corrected chi connectivity index (χ1v) is 11.0. The Hall–Kier alpha value is -2.92. The molecule has 3 rings (SSSR count). The van der Waals surface area contributed by atoms with Gasteiger partial charge in [-0.1, -0.05) is 18.5 Å². The van der Waals surface area contributed by atoms with Gasteiger partial charge in [-0.3, -0.25) is 14.6 Å². The number of nitrogens with zero attached hydrogens (tertiary/aromatic N) is 3. The fraction of sp³-hybridized carbons (Fsp3) is 0.278. The highest BCUT2D eigenvalue weighted by Gasteiger charge is 2.22. The lowest BCUT2D eigenvalue weighted by atomic mass is 10.1. The van der Waals surface area contributed by atoms with Crippen molar-refractivity contribution in [3.05, 3.63) is 40.8 Å². The van der Waals surface area contributed by atoms with Crippen molar-refractivity contribution in [2.45, 2.75) is 13.3 Å². The van der Waals surface area contributed by atoms with E-state index in [9.17, 15) is 17.6 Å². The summed E-state index contributed by atoms with van der Waals surface area (Å²) in [5, 5.41) is 9.96. The maximum atomic E-state index is 14.9. The summed E-state index contributed by atoms with van der Waals surface area (Å²) in [7, 11) is -0.129. The zero-order chi connectivity index (χ0) is 22.1. The summed E-state index contributed by atoms with van der Waals surface area (Å²) in [5.41, 5.74) is -0.0116. The number of pyridine rings is 1. The van der Waals surface area contributed by atoms with Gasteiger partial charge in [0, 0.05) is 14.1 Å². The number of carbonyl (C=O) groups is 1. The van der Waals surface area contributed by atoms with Crippen LogP contribution >= 0.6 is 11.6 Å². The number of halogens is 2. The van der Waals surface area contributed by atoms with Gasteiger partial charge in [-0.25, -0.2) is 17.8 Å². The highest BCUT2D eigenvalue weighted by Crippen LogP contribution is 2.28. The topological polar surface area (TPSA) is 120 Å². The number of carbonyl (C=O) groups excluding carboxylic acids is 1. The van der Waals surface area contributed by atoms with Crippen molar-refractivity contribution >= 4 is 55.8 Å². The molecule has 30 heavy (non-hydrogen) atoms. The third kappa shape index (κ3) is 4.46.